The predicted molar refractivity (Wildman–Crippen MR) is 88.8 cm³/mol. The van der Waals surface area contributed by atoms with Crippen LogP contribution in [0.5, 0.6) is 0 Å². The van der Waals surface area contributed by atoms with Crippen LogP contribution in [-0.4, -0.2) is 10.2 Å². The number of hydrogen-bond donors (Lipinski definition) is 0. The Morgan fingerprint density at radius 3 is 2.32 bits per heavy atom. The average molecular weight is 302 g/mol. The Morgan fingerprint density at radius 2 is 1.59 bits per heavy atom. The lowest BCUT2D eigenvalue weighted by atomic mass is 9.87. The lowest BCUT2D eigenvalue weighted by Crippen LogP contribution is -2.04. The maximum absolute atomic E-state index is 5.68. The summed E-state index contributed by atoms with van der Waals surface area (Å²) in [4.78, 5) is 0. The van der Waals surface area contributed by atoms with Gasteiger partial charge in [0.1, 0.15) is 0 Å². The van der Waals surface area contributed by atoms with Crippen molar-refractivity contribution in [1.82, 2.24) is 10.2 Å². The molecule has 3 rings (SSSR count). The third-order valence-corrected chi connectivity index (χ3v) is 5.45. The first-order valence-corrected chi connectivity index (χ1v) is 9.32. The summed E-state index contributed by atoms with van der Waals surface area (Å²) in [6, 6.07) is 0. The molecule has 0 N–H and O–H groups in total. The molecule has 0 aromatic carbocycles. The van der Waals surface area contributed by atoms with E-state index in [-0.39, 0.29) is 0 Å². The third-order valence-electron chi connectivity index (χ3n) is 5.45. The van der Waals surface area contributed by atoms with E-state index in [9.17, 15) is 0 Å². The Balaban J connectivity index is 1.59. The van der Waals surface area contributed by atoms with E-state index < -0.39 is 0 Å². The molecule has 2 aliphatic carbocycles. The van der Waals surface area contributed by atoms with Crippen LogP contribution in [0.15, 0.2) is 16.1 Å². The Labute approximate surface area is 134 Å². The highest BCUT2D eigenvalue weighted by Crippen LogP contribution is 2.35. The van der Waals surface area contributed by atoms with Gasteiger partial charge in [-0.15, -0.1) is 10.2 Å². The summed E-state index contributed by atoms with van der Waals surface area (Å²) in [6.45, 7) is 1.89. The Hall–Kier alpha value is -1.12. The van der Waals surface area contributed by atoms with E-state index in [0.717, 1.165) is 11.8 Å². The number of nitrogens with zero attached hydrogens (tertiary/aromatic N) is 2. The largest absolute Gasteiger partial charge is 0.425 e. The topological polar surface area (TPSA) is 38.9 Å². The van der Waals surface area contributed by atoms with Crippen LogP contribution in [0.2, 0.25) is 0 Å². The van der Waals surface area contributed by atoms with Crippen molar-refractivity contribution < 1.29 is 4.42 Å². The molecule has 1 unspecified atom stereocenters. The van der Waals surface area contributed by atoms with Crippen LogP contribution in [0.25, 0.3) is 0 Å². The van der Waals surface area contributed by atoms with E-state index in [2.05, 4.69) is 16.3 Å². The highest BCUT2D eigenvalue weighted by molar-refractivity contribution is 5.08. The molecule has 22 heavy (non-hydrogen) atoms. The van der Waals surface area contributed by atoms with E-state index in [0.29, 0.717) is 11.8 Å². The van der Waals surface area contributed by atoms with Crippen LogP contribution in [0, 0.1) is 12.8 Å². The molecule has 1 saturated carbocycles. The number of allylic oxidation sites excluding steroid dienone is 2. The zero-order valence-electron chi connectivity index (χ0n) is 14.0. The van der Waals surface area contributed by atoms with Crippen LogP contribution < -0.4 is 0 Å². The quantitative estimate of drug-likeness (QED) is 0.518. The predicted octanol–water partition coefficient (Wildman–Crippen LogP) is 5.71. The fourth-order valence-electron chi connectivity index (χ4n) is 4.20. The summed E-state index contributed by atoms with van der Waals surface area (Å²) < 4.78 is 5.68. The fraction of sp³-hybridized carbons (Fsp3) is 0.789. The van der Waals surface area contributed by atoms with Crippen LogP contribution in [0.1, 0.15) is 94.7 Å². The van der Waals surface area contributed by atoms with Crippen LogP contribution in [0.3, 0.4) is 0 Å². The van der Waals surface area contributed by atoms with E-state index in [1.165, 1.54) is 77.0 Å². The summed E-state index contributed by atoms with van der Waals surface area (Å²) in [5.74, 6) is 2.93. The van der Waals surface area contributed by atoms with Gasteiger partial charge in [-0.25, -0.2) is 0 Å². The molecule has 0 aliphatic heterocycles. The van der Waals surface area contributed by atoms with Crippen molar-refractivity contribution in [2.75, 3.05) is 0 Å². The highest BCUT2D eigenvalue weighted by Gasteiger charge is 2.21. The molecule has 0 amide bonds. The molecule has 1 aromatic rings. The maximum Gasteiger partial charge on any atom is 0.219 e. The first-order valence-electron chi connectivity index (χ1n) is 9.32. The first-order chi connectivity index (χ1) is 10.8. The second-order valence-electron chi connectivity index (χ2n) is 7.15. The van der Waals surface area contributed by atoms with E-state index >= 15 is 0 Å². The minimum atomic E-state index is 0.475. The molecule has 1 aromatic heterocycles. The molecule has 0 saturated heterocycles. The van der Waals surface area contributed by atoms with Gasteiger partial charge in [0, 0.05) is 12.8 Å². The fourth-order valence-corrected chi connectivity index (χ4v) is 4.20. The Kier molecular flexibility index (Phi) is 5.69. The highest BCUT2D eigenvalue weighted by atomic mass is 16.4. The van der Waals surface area contributed by atoms with Crippen molar-refractivity contribution in [3.8, 4) is 0 Å². The first kappa shape index (κ1) is 15.8. The van der Waals surface area contributed by atoms with Crippen molar-refractivity contribution in [3.63, 3.8) is 0 Å². The molecule has 0 bridgehead atoms. The van der Waals surface area contributed by atoms with Gasteiger partial charge in [0.15, 0.2) is 0 Å². The number of aromatic nitrogens is 2. The SMILES string of the molecule is Cc1nnc(C2CCC/C=C(/C3CCCCCC3)CCC2)o1. The second kappa shape index (κ2) is 7.94. The molecule has 3 nitrogen and oxygen atoms in total. The van der Waals surface area contributed by atoms with Crippen molar-refractivity contribution in [2.24, 2.45) is 5.92 Å². The molecule has 3 heteroatoms. The molecular formula is C19H30N2O. The van der Waals surface area contributed by atoms with Crippen LogP contribution >= 0.6 is 0 Å². The van der Waals surface area contributed by atoms with Gasteiger partial charge in [-0.2, -0.15) is 0 Å². The van der Waals surface area contributed by atoms with Crippen molar-refractivity contribution in [3.05, 3.63) is 23.4 Å². The maximum atomic E-state index is 5.68. The van der Waals surface area contributed by atoms with Crippen molar-refractivity contribution in [1.29, 1.82) is 0 Å². The summed E-state index contributed by atoms with van der Waals surface area (Å²) in [6.07, 6.45) is 18.6. The van der Waals surface area contributed by atoms with Gasteiger partial charge < -0.3 is 4.42 Å². The summed E-state index contributed by atoms with van der Waals surface area (Å²) in [5.41, 5.74) is 1.77. The van der Waals surface area contributed by atoms with E-state index in [1.54, 1.807) is 5.57 Å². The van der Waals surface area contributed by atoms with Gasteiger partial charge in [0.2, 0.25) is 11.8 Å². The van der Waals surface area contributed by atoms with Gasteiger partial charge in [0.05, 0.1) is 0 Å². The summed E-state index contributed by atoms with van der Waals surface area (Å²) in [7, 11) is 0. The summed E-state index contributed by atoms with van der Waals surface area (Å²) in [5, 5.41) is 8.27. The summed E-state index contributed by atoms with van der Waals surface area (Å²) >= 11 is 0. The number of aryl methyl sites for hydroxylation is 1. The second-order valence-corrected chi connectivity index (χ2v) is 7.15. The monoisotopic (exact) mass is 302 g/mol. The number of hydrogen-bond acceptors (Lipinski definition) is 3. The third kappa shape index (κ3) is 4.21. The van der Waals surface area contributed by atoms with Gasteiger partial charge >= 0.3 is 0 Å². The lowest BCUT2D eigenvalue weighted by Gasteiger charge is -2.19. The minimum absolute atomic E-state index is 0.475. The molecule has 1 heterocycles. The standard InChI is InChI=1S/C19H30N2O/c1-15-20-21-19(22-15)18-12-7-6-11-17(13-8-14-18)16-9-4-2-3-5-10-16/h11,16,18H,2-10,12-14H2,1H3/b17-11+. The number of rotatable bonds is 2. The molecule has 0 spiro atoms. The van der Waals surface area contributed by atoms with E-state index in [4.69, 9.17) is 4.42 Å². The van der Waals surface area contributed by atoms with E-state index in [1.807, 2.05) is 6.92 Å². The minimum Gasteiger partial charge on any atom is -0.425 e. The average Bonchev–Trinajstić information content (AvgIpc) is 2.83. The van der Waals surface area contributed by atoms with Gasteiger partial charge in [-0.1, -0.05) is 37.3 Å². The molecule has 0 radical (unpaired) electrons. The Morgan fingerprint density at radius 1 is 0.864 bits per heavy atom. The zero-order chi connectivity index (χ0) is 15.2. The van der Waals surface area contributed by atoms with Crippen LogP contribution in [-0.2, 0) is 0 Å². The van der Waals surface area contributed by atoms with Gasteiger partial charge in [-0.3, -0.25) is 0 Å². The molecule has 1 fully saturated rings. The molecular weight excluding hydrogens is 272 g/mol. The van der Waals surface area contributed by atoms with Crippen LogP contribution in [0.4, 0.5) is 0 Å². The van der Waals surface area contributed by atoms with Crippen molar-refractivity contribution in [2.45, 2.75) is 89.9 Å². The normalized spacial score (nSPS) is 28.0. The molecule has 122 valence electrons. The zero-order valence-corrected chi connectivity index (χ0v) is 14.0. The lowest BCUT2D eigenvalue weighted by molar-refractivity contribution is 0.392. The van der Waals surface area contributed by atoms with Crippen molar-refractivity contribution >= 4 is 0 Å². The van der Waals surface area contributed by atoms with Gasteiger partial charge in [-0.05, 0) is 57.3 Å². The molecule has 1 atom stereocenters. The van der Waals surface area contributed by atoms with Gasteiger partial charge in [0.25, 0.3) is 0 Å². The Bertz CT molecular complexity index is 483. The molecule has 2 aliphatic rings. The smallest absolute Gasteiger partial charge is 0.219 e.